The number of rotatable bonds is 13. The molecule has 0 unspecified atom stereocenters. The van der Waals surface area contributed by atoms with E-state index in [2.05, 4.69) is 5.32 Å². The van der Waals surface area contributed by atoms with Crippen molar-refractivity contribution in [3.05, 3.63) is 102 Å². The van der Waals surface area contributed by atoms with Crippen molar-refractivity contribution >= 4 is 27.7 Å². The minimum atomic E-state index is -4.27. The third-order valence-corrected chi connectivity index (χ3v) is 8.41. The van der Waals surface area contributed by atoms with Gasteiger partial charge in [-0.15, -0.1) is 0 Å². The van der Waals surface area contributed by atoms with Gasteiger partial charge in [-0.2, -0.15) is 12.7 Å². The van der Waals surface area contributed by atoms with Crippen LogP contribution >= 0.6 is 0 Å². The molecular weight excluding hydrogens is 531 g/mol. The van der Waals surface area contributed by atoms with Gasteiger partial charge in [-0.3, -0.25) is 9.59 Å². The van der Waals surface area contributed by atoms with Gasteiger partial charge in [0.2, 0.25) is 11.8 Å². The highest BCUT2D eigenvalue weighted by atomic mass is 32.2. The zero-order chi connectivity index (χ0) is 29.3. The molecule has 0 aromatic heterocycles. The van der Waals surface area contributed by atoms with E-state index in [4.69, 9.17) is 0 Å². The third kappa shape index (κ3) is 7.89. The molecule has 2 atom stereocenters. The maximum atomic E-state index is 14.9. The second-order valence-electron chi connectivity index (χ2n) is 9.78. The largest absolute Gasteiger partial charge is 0.352 e. The van der Waals surface area contributed by atoms with E-state index in [1.54, 1.807) is 0 Å². The van der Waals surface area contributed by atoms with Crippen molar-refractivity contribution in [3.63, 3.8) is 0 Å². The number of nitrogens with zero attached hydrogens (tertiary/aromatic N) is 3. The average molecular weight is 569 g/mol. The summed E-state index contributed by atoms with van der Waals surface area (Å²) < 4.78 is 43.2. The second kappa shape index (κ2) is 14.0. The number of carbonyl (C=O) groups is 2. The zero-order valence-corrected chi connectivity index (χ0v) is 24.1. The molecule has 0 saturated carbocycles. The maximum absolute atomic E-state index is 14.9. The molecule has 0 spiro atoms. The zero-order valence-electron chi connectivity index (χ0n) is 23.3. The lowest BCUT2D eigenvalue weighted by Gasteiger charge is -2.35. The van der Waals surface area contributed by atoms with Crippen LogP contribution in [-0.4, -0.2) is 62.2 Å². The first kappa shape index (κ1) is 30.8. The lowest BCUT2D eigenvalue weighted by molar-refractivity contribution is -0.140. The number of hydrogen-bond acceptors (Lipinski definition) is 4. The van der Waals surface area contributed by atoms with E-state index in [1.807, 2.05) is 74.5 Å². The SMILES string of the molecule is CC[C@@H](C)NC(=O)[C@H](Cc1ccccc1)N(Cc1ccccc1)C(=O)CN(c1ccccc1F)S(=O)(=O)N(C)C. The van der Waals surface area contributed by atoms with Crippen LogP contribution in [0, 0.1) is 5.82 Å². The smallest absolute Gasteiger partial charge is 0.304 e. The van der Waals surface area contributed by atoms with Crippen LogP contribution in [0.15, 0.2) is 84.9 Å². The second-order valence-corrected chi connectivity index (χ2v) is 11.8. The van der Waals surface area contributed by atoms with Crippen LogP contribution < -0.4 is 9.62 Å². The average Bonchev–Trinajstić information content (AvgIpc) is 2.94. The highest BCUT2D eigenvalue weighted by Crippen LogP contribution is 2.24. The summed E-state index contributed by atoms with van der Waals surface area (Å²) in [5.74, 6) is -1.78. The first-order valence-electron chi connectivity index (χ1n) is 13.2. The van der Waals surface area contributed by atoms with E-state index in [-0.39, 0.29) is 30.6 Å². The van der Waals surface area contributed by atoms with Gasteiger partial charge in [0.25, 0.3) is 0 Å². The number of para-hydroxylation sites is 1. The van der Waals surface area contributed by atoms with Crippen LogP contribution in [0.25, 0.3) is 0 Å². The van der Waals surface area contributed by atoms with Crippen molar-refractivity contribution in [3.8, 4) is 0 Å². The molecule has 8 nitrogen and oxygen atoms in total. The molecule has 10 heteroatoms. The Balaban J connectivity index is 2.09. The van der Waals surface area contributed by atoms with E-state index in [1.165, 1.54) is 37.2 Å². The molecule has 3 aromatic rings. The fourth-order valence-electron chi connectivity index (χ4n) is 4.13. The summed E-state index contributed by atoms with van der Waals surface area (Å²) in [4.78, 5) is 29.2. The fraction of sp³-hybridized carbons (Fsp3) is 0.333. The fourth-order valence-corrected chi connectivity index (χ4v) is 5.20. The van der Waals surface area contributed by atoms with Crippen LogP contribution in [0.3, 0.4) is 0 Å². The maximum Gasteiger partial charge on any atom is 0.304 e. The van der Waals surface area contributed by atoms with E-state index < -0.39 is 34.5 Å². The first-order chi connectivity index (χ1) is 19.0. The Kier molecular flexibility index (Phi) is 10.8. The van der Waals surface area contributed by atoms with Crippen LogP contribution in [0.4, 0.5) is 10.1 Å². The standard InChI is InChI=1S/C30H37FN4O4S/c1-5-23(2)32-30(37)28(20-24-14-8-6-9-15-24)34(21-25-16-10-7-11-17-25)29(36)22-35(40(38,39)33(3)4)27-19-13-12-18-26(27)31/h6-19,23,28H,5,20-22H2,1-4H3,(H,32,37)/t23-,28+/m1/s1. The minimum absolute atomic E-state index is 0.0538. The number of carbonyl (C=O) groups excluding carboxylic acids is 2. The molecule has 3 rings (SSSR count). The van der Waals surface area contributed by atoms with Crippen molar-refractivity contribution in [2.45, 2.75) is 45.3 Å². The Morgan fingerprint density at radius 1 is 0.875 bits per heavy atom. The predicted molar refractivity (Wildman–Crippen MR) is 155 cm³/mol. The number of amides is 2. The molecule has 214 valence electrons. The van der Waals surface area contributed by atoms with E-state index in [0.717, 1.165) is 25.8 Å². The summed E-state index contributed by atoms with van der Waals surface area (Å²) in [7, 11) is -1.64. The molecule has 0 aliphatic rings. The number of anilines is 1. The molecule has 1 N–H and O–H groups in total. The third-order valence-electron chi connectivity index (χ3n) is 6.61. The summed E-state index contributed by atoms with van der Waals surface area (Å²) in [6.07, 6.45) is 0.903. The molecule has 40 heavy (non-hydrogen) atoms. The quantitative estimate of drug-likeness (QED) is 0.338. The summed E-state index contributed by atoms with van der Waals surface area (Å²) >= 11 is 0. The summed E-state index contributed by atoms with van der Waals surface area (Å²) in [5.41, 5.74) is 1.34. The van der Waals surface area contributed by atoms with Gasteiger partial charge >= 0.3 is 10.2 Å². The van der Waals surface area contributed by atoms with Crippen LogP contribution in [-0.2, 0) is 32.8 Å². The van der Waals surface area contributed by atoms with Gasteiger partial charge in [0, 0.05) is 33.1 Å². The van der Waals surface area contributed by atoms with Gasteiger partial charge in [-0.1, -0.05) is 79.7 Å². The van der Waals surface area contributed by atoms with Crippen molar-refractivity contribution in [1.29, 1.82) is 0 Å². The summed E-state index contributed by atoms with van der Waals surface area (Å²) in [6.45, 7) is 3.18. The minimum Gasteiger partial charge on any atom is -0.352 e. The van der Waals surface area contributed by atoms with Crippen molar-refractivity contribution in [2.24, 2.45) is 0 Å². The van der Waals surface area contributed by atoms with Gasteiger partial charge in [-0.25, -0.2) is 8.70 Å². The number of hydrogen-bond donors (Lipinski definition) is 1. The molecule has 0 fully saturated rings. The molecule has 0 aliphatic heterocycles. The molecule has 0 radical (unpaired) electrons. The Morgan fingerprint density at radius 3 is 1.98 bits per heavy atom. The number of nitrogens with one attached hydrogen (secondary N) is 1. The van der Waals surface area contributed by atoms with Gasteiger partial charge in [-0.05, 0) is 36.6 Å². The Hall–Kier alpha value is -3.76. The van der Waals surface area contributed by atoms with Crippen LogP contribution in [0.2, 0.25) is 0 Å². The number of benzene rings is 3. The Morgan fingerprint density at radius 2 is 1.43 bits per heavy atom. The lowest BCUT2D eigenvalue weighted by Crippen LogP contribution is -2.55. The highest BCUT2D eigenvalue weighted by molar-refractivity contribution is 7.90. The lowest BCUT2D eigenvalue weighted by atomic mass is 10.0. The Labute approximate surface area is 236 Å². The van der Waals surface area contributed by atoms with Gasteiger partial charge in [0.15, 0.2) is 0 Å². The monoisotopic (exact) mass is 568 g/mol. The van der Waals surface area contributed by atoms with Crippen LogP contribution in [0.5, 0.6) is 0 Å². The normalized spacial score (nSPS) is 12.9. The topological polar surface area (TPSA) is 90.0 Å². The molecule has 3 aromatic carbocycles. The molecular formula is C30H37FN4O4S. The van der Waals surface area contributed by atoms with Gasteiger partial charge in [0.05, 0.1) is 5.69 Å². The van der Waals surface area contributed by atoms with Crippen molar-refractivity contribution in [1.82, 2.24) is 14.5 Å². The van der Waals surface area contributed by atoms with Crippen molar-refractivity contribution in [2.75, 3.05) is 24.9 Å². The van der Waals surface area contributed by atoms with Crippen LogP contribution in [0.1, 0.15) is 31.4 Å². The van der Waals surface area contributed by atoms with E-state index >= 15 is 0 Å². The first-order valence-corrected chi connectivity index (χ1v) is 14.6. The predicted octanol–water partition coefficient (Wildman–Crippen LogP) is 3.99. The Bertz CT molecular complexity index is 1370. The van der Waals surface area contributed by atoms with Gasteiger partial charge in [0.1, 0.15) is 18.4 Å². The summed E-state index contributed by atoms with van der Waals surface area (Å²) in [6, 6.07) is 22.8. The number of halogens is 1. The van der Waals surface area contributed by atoms with Gasteiger partial charge < -0.3 is 10.2 Å². The van der Waals surface area contributed by atoms with E-state index in [0.29, 0.717) is 6.42 Å². The van der Waals surface area contributed by atoms with E-state index in [9.17, 15) is 22.4 Å². The molecule has 0 bridgehead atoms. The van der Waals surface area contributed by atoms with Crippen molar-refractivity contribution < 1.29 is 22.4 Å². The highest BCUT2D eigenvalue weighted by Gasteiger charge is 2.35. The summed E-state index contributed by atoms with van der Waals surface area (Å²) in [5, 5.41) is 2.98. The molecule has 0 saturated heterocycles. The molecule has 0 heterocycles. The molecule has 2 amide bonds. The molecule has 0 aliphatic carbocycles.